The molecular formula is C9H11Cl2FN2O2S. The summed E-state index contributed by atoms with van der Waals surface area (Å²) in [5, 5.41) is -0.543. The minimum absolute atomic E-state index is 0.121. The average Bonchev–Trinajstić information content (AvgIpc) is 2.14. The maximum Gasteiger partial charge on any atom is 0.243 e. The van der Waals surface area contributed by atoms with Gasteiger partial charge in [-0.3, -0.25) is 0 Å². The van der Waals surface area contributed by atoms with Gasteiger partial charge >= 0.3 is 0 Å². The van der Waals surface area contributed by atoms with Crippen molar-refractivity contribution in [3.05, 3.63) is 28.0 Å². The SMILES string of the molecule is C[C@@H](CN)NS(=O)(=O)c1c(Cl)cc(F)cc1Cl. The third-order valence-corrected chi connectivity index (χ3v) is 4.45. The van der Waals surface area contributed by atoms with Crippen LogP contribution in [0.5, 0.6) is 0 Å². The molecule has 0 saturated heterocycles. The molecule has 1 atom stereocenters. The average molecular weight is 301 g/mol. The lowest BCUT2D eigenvalue weighted by molar-refractivity contribution is 0.562. The molecule has 0 fully saturated rings. The Hall–Kier alpha value is -0.400. The molecule has 0 aliphatic heterocycles. The second kappa shape index (κ2) is 5.49. The van der Waals surface area contributed by atoms with Crippen LogP contribution in [0.4, 0.5) is 4.39 Å². The second-order valence-electron chi connectivity index (χ2n) is 3.46. The van der Waals surface area contributed by atoms with Gasteiger partial charge in [0.1, 0.15) is 10.7 Å². The van der Waals surface area contributed by atoms with Crippen LogP contribution in [0.2, 0.25) is 10.0 Å². The van der Waals surface area contributed by atoms with Gasteiger partial charge in [-0.05, 0) is 19.1 Å². The quantitative estimate of drug-likeness (QED) is 0.890. The van der Waals surface area contributed by atoms with Crippen molar-refractivity contribution in [2.45, 2.75) is 17.9 Å². The van der Waals surface area contributed by atoms with Crippen molar-refractivity contribution in [3.63, 3.8) is 0 Å². The summed E-state index contributed by atoms with van der Waals surface area (Å²) < 4.78 is 39.0. The molecule has 0 bridgehead atoms. The number of sulfonamides is 1. The van der Waals surface area contributed by atoms with E-state index in [0.29, 0.717) is 0 Å². The number of rotatable bonds is 4. The number of halogens is 3. The van der Waals surface area contributed by atoms with Gasteiger partial charge < -0.3 is 5.73 Å². The molecule has 1 aromatic rings. The topological polar surface area (TPSA) is 72.2 Å². The van der Waals surface area contributed by atoms with Crippen LogP contribution in [0.15, 0.2) is 17.0 Å². The first-order valence-corrected chi connectivity index (χ1v) is 6.88. The number of benzene rings is 1. The van der Waals surface area contributed by atoms with E-state index >= 15 is 0 Å². The summed E-state index contributed by atoms with van der Waals surface area (Å²) in [5.74, 6) is -0.703. The van der Waals surface area contributed by atoms with Crippen molar-refractivity contribution in [1.29, 1.82) is 0 Å². The van der Waals surface area contributed by atoms with Crippen LogP contribution in [-0.2, 0) is 10.0 Å². The van der Waals surface area contributed by atoms with E-state index in [4.69, 9.17) is 28.9 Å². The summed E-state index contributed by atoms with van der Waals surface area (Å²) in [6, 6.07) is 1.29. The molecule has 0 radical (unpaired) electrons. The summed E-state index contributed by atoms with van der Waals surface area (Å²) in [5.41, 5.74) is 5.30. The third-order valence-electron chi connectivity index (χ3n) is 1.94. The predicted octanol–water partition coefficient (Wildman–Crippen LogP) is 1.76. The van der Waals surface area contributed by atoms with Gasteiger partial charge in [0.25, 0.3) is 0 Å². The summed E-state index contributed by atoms with van der Waals surface area (Å²) >= 11 is 11.3. The number of hydrogen-bond donors (Lipinski definition) is 2. The van der Waals surface area contributed by atoms with Crippen molar-refractivity contribution in [2.75, 3.05) is 6.54 Å². The molecule has 0 aliphatic carbocycles. The standard InChI is InChI=1S/C9H11Cl2FN2O2S/c1-5(4-13)14-17(15,16)9-7(10)2-6(12)3-8(9)11/h2-3,5,14H,4,13H2,1H3/t5-/m0/s1. The van der Waals surface area contributed by atoms with E-state index in [9.17, 15) is 12.8 Å². The Morgan fingerprint density at radius 2 is 1.88 bits per heavy atom. The molecule has 0 aliphatic rings. The van der Waals surface area contributed by atoms with Crippen LogP contribution >= 0.6 is 23.2 Å². The zero-order valence-corrected chi connectivity index (χ0v) is 11.2. The second-order valence-corrected chi connectivity index (χ2v) is 5.92. The van der Waals surface area contributed by atoms with Crippen LogP contribution in [0.1, 0.15) is 6.92 Å². The monoisotopic (exact) mass is 300 g/mol. The van der Waals surface area contributed by atoms with E-state index in [1.54, 1.807) is 6.92 Å². The molecule has 0 unspecified atom stereocenters. The van der Waals surface area contributed by atoms with Crippen LogP contribution < -0.4 is 10.5 Å². The Bertz CT molecular complexity index is 499. The minimum Gasteiger partial charge on any atom is -0.329 e. The molecule has 1 rings (SSSR count). The van der Waals surface area contributed by atoms with E-state index in [2.05, 4.69) is 4.72 Å². The number of nitrogens with two attached hydrogens (primary N) is 1. The molecule has 17 heavy (non-hydrogen) atoms. The van der Waals surface area contributed by atoms with Gasteiger partial charge in [-0.2, -0.15) is 0 Å². The van der Waals surface area contributed by atoms with E-state index in [1.165, 1.54) is 0 Å². The van der Waals surface area contributed by atoms with Crippen molar-refractivity contribution < 1.29 is 12.8 Å². The zero-order chi connectivity index (χ0) is 13.2. The molecule has 0 saturated carbocycles. The van der Waals surface area contributed by atoms with Gasteiger partial charge in [-0.25, -0.2) is 17.5 Å². The highest BCUT2D eigenvalue weighted by Crippen LogP contribution is 2.30. The maximum absolute atomic E-state index is 12.9. The molecule has 3 N–H and O–H groups in total. The van der Waals surface area contributed by atoms with Crippen molar-refractivity contribution >= 4 is 33.2 Å². The molecule has 4 nitrogen and oxygen atoms in total. The van der Waals surface area contributed by atoms with Gasteiger partial charge in [-0.15, -0.1) is 0 Å². The number of nitrogens with one attached hydrogen (secondary N) is 1. The molecule has 1 aromatic carbocycles. The fourth-order valence-electron chi connectivity index (χ4n) is 1.16. The molecule has 0 aromatic heterocycles. The van der Waals surface area contributed by atoms with Gasteiger partial charge in [0.2, 0.25) is 10.0 Å². The van der Waals surface area contributed by atoms with Crippen molar-refractivity contribution in [3.8, 4) is 0 Å². The van der Waals surface area contributed by atoms with Gasteiger partial charge in [0.15, 0.2) is 0 Å². The summed E-state index contributed by atoms with van der Waals surface area (Å²) in [6.07, 6.45) is 0. The van der Waals surface area contributed by atoms with E-state index in [0.717, 1.165) is 12.1 Å². The summed E-state index contributed by atoms with van der Waals surface area (Å²) in [6.45, 7) is 1.71. The van der Waals surface area contributed by atoms with Gasteiger partial charge in [0, 0.05) is 12.6 Å². The lowest BCUT2D eigenvalue weighted by Crippen LogP contribution is -2.38. The third kappa shape index (κ3) is 3.53. The Morgan fingerprint density at radius 3 is 2.29 bits per heavy atom. The van der Waals surface area contributed by atoms with Crippen molar-refractivity contribution in [1.82, 2.24) is 4.72 Å². The van der Waals surface area contributed by atoms with Crippen LogP contribution in [-0.4, -0.2) is 21.0 Å². The molecule has 0 heterocycles. The maximum atomic E-state index is 12.9. The fraction of sp³-hybridized carbons (Fsp3) is 0.333. The van der Waals surface area contributed by atoms with Crippen LogP contribution in [0.3, 0.4) is 0 Å². The van der Waals surface area contributed by atoms with Gasteiger partial charge in [-0.1, -0.05) is 23.2 Å². The highest BCUT2D eigenvalue weighted by molar-refractivity contribution is 7.89. The van der Waals surface area contributed by atoms with Crippen LogP contribution in [0.25, 0.3) is 0 Å². The van der Waals surface area contributed by atoms with Crippen LogP contribution in [0, 0.1) is 5.82 Å². The smallest absolute Gasteiger partial charge is 0.243 e. The lowest BCUT2D eigenvalue weighted by Gasteiger charge is -2.14. The first kappa shape index (κ1) is 14.7. The van der Waals surface area contributed by atoms with E-state index < -0.39 is 21.9 Å². The molecule has 0 spiro atoms. The first-order valence-electron chi connectivity index (χ1n) is 4.65. The molecular weight excluding hydrogens is 290 g/mol. The summed E-state index contributed by atoms with van der Waals surface area (Å²) in [7, 11) is -3.91. The molecule has 0 amide bonds. The summed E-state index contributed by atoms with van der Waals surface area (Å²) in [4.78, 5) is -0.345. The van der Waals surface area contributed by atoms with Crippen molar-refractivity contribution in [2.24, 2.45) is 5.73 Å². The number of hydrogen-bond acceptors (Lipinski definition) is 3. The Kier molecular flexibility index (Phi) is 4.74. The molecule has 8 heteroatoms. The first-order chi connectivity index (χ1) is 7.77. The van der Waals surface area contributed by atoms with E-state index in [-0.39, 0.29) is 21.5 Å². The Balaban J connectivity index is 3.25. The normalized spacial score (nSPS) is 13.7. The van der Waals surface area contributed by atoms with Gasteiger partial charge in [0.05, 0.1) is 10.0 Å². The highest BCUT2D eigenvalue weighted by Gasteiger charge is 2.24. The van der Waals surface area contributed by atoms with E-state index in [1.807, 2.05) is 0 Å². The Labute approximate surface area is 109 Å². The Morgan fingerprint density at radius 1 is 1.41 bits per heavy atom. The minimum atomic E-state index is -3.91. The lowest BCUT2D eigenvalue weighted by atomic mass is 10.3. The highest BCUT2D eigenvalue weighted by atomic mass is 35.5. The fourth-order valence-corrected chi connectivity index (χ4v) is 3.60. The zero-order valence-electron chi connectivity index (χ0n) is 8.88. The predicted molar refractivity (Wildman–Crippen MR) is 65.3 cm³/mol. The largest absolute Gasteiger partial charge is 0.329 e. The molecule has 96 valence electrons.